The van der Waals surface area contributed by atoms with Crippen LogP contribution >= 0.6 is 0 Å². The molecule has 0 spiro atoms. The quantitative estimate of drug-likeness (QED) is 0.786. The Balaban J connectivity index is 1.95. The van der Waals surface area contributed by atoms with E-state index in [1.807, 2.05) is 26.2 Å². The predicted octanol–water partition coefficient (Wildman–Crippen LogP) is 2.03. The first-order valence-electron chi connectivity index (χ1n) is 6.63. The van der Waals surface area contributed by atoms with Crippen molar-refractivity contribution in [1.82, 2.24) is 9.63 Å². The number of hydrogen-bond donors (Lipinski definition) is 0. The molecule has 1 aliphatic heterocycles. The maximum atomic E-state index is 11.6. The molecule has 1 aromatic heterocycles. The number of carbonyl (C=O) groups is 1. The van der Waals surface area contributed by atoms with Crippen LogP contribution in [0, 0.1) is 0 Å². The number of benzene rings is 1. The number of nitrogens with zero attached hydrogens (tertiary/aromatic N) is 2. The molecule has 2 aromatic rings. The lowest BCUT2D eigenvalue weighted by Crippen LogP contribution is -2.23. The Hall–Kier alpha value is -1.85. The molecule has 0 amide bonds. The second kappa shape index (κ2) is 4.92. The van der Waals surface area contributed by atoms with Crippen LogP contribution in [-0.2, 0) is 21.4 Å². The highest BCUT2D eigenvalue weighted by atomic mass is 16.7. The number of aromatic nitrogens is 1. The third-order valence-corrected chi connectivity index (χ3v) is 3.96. The van der Waals surface area contributed by atoms with Crippen LogP contribution < -0.4 is 0 Å². The molecule has 1 aromatic carbocycles. The van der Waals surface area contributed by atoms with Gasteiger partial charge in [-0.1, -0.05) is 18.2 Å². The molecule has 5 heteroatoms. The number of esters is 1. The molecule has 2 atom stereocenters. The number of methoxy groups -OCH3 is 1. The van der Waals surface area contributed by atoms with Gasteiger partial charge in [-0.3, -0.25) is 4.84 Å². The van der Waals surface area contributed by atoms with Crippen molar-refractivity contribution in [2.24, 2.45) is 7.05 Å². The maximum absolute atomic E-state index is 11.6. The lowest BCUT2D eigenvalue weighted by molar-refractivity contribution is -0.179. The molecule has 3 rings (SSSR count). The van der Waals surface area contributed by atoms with Gasteiger partial charge in [0.05, 0.1) is 13.2 Å². The summed E-state index contributed by atoms with van der Waals surface area (Å²) in [6.07, 6.45) is 0.0841. The predicted molar refractivity (Wildman–Crippen MR) is 74.9 cm³/mol. The van der Waals surface area contributed by atoms with Crippen LogP contribution in [0.5, 0.6) is 0 Å². The van der Waals surface area contributed by atoms with Crippen molar-refractivity contribution < 1.29 is 14.4 Å². The zero-order chi connectivity index (χ0) is 14.3. The van der Waals surface area contributed by atoms with Gasteiger partial charge in [0, 0.05) is 31.7 Å². The highest BCUT2D eigenvalue weighted by Gasteiger charge is 2.38. The molecule has 5 nitrogen and oxygen atoms in total. The lowest BCUT2D eigenvalue weighted by atomic mass is 10.1. The van der Waals surface area contributed by atoms with E-state index in [1.54, 1.807) is 5.06 Å². The monoisotopic (exact) mass is 274 g/mol. The minimum absolute atomic E-state index is 0.0523. The Morgan fingerprint density at radius 2 is 2.10 bits per heavy atom. The Kier molecular flexibility index (Phi) is 3.23. The first kappa shape index (κ1) is 13.1. The molecule has 106 valence electrons. The first-order valence-corrected chi connectivity index (χ1v) is 6.63. The van der Waals surface area contributed by atoms with Gasteiger partial charge in [-0.15, -0.1) is 0 Å². The highest BCUT2D eigenvalue weighted by Crippen LogP contribution is 2.35. The molecule has 1 fully saturated rings. The van der Waals surface area contributed by atoms with Crippen molar-refractivity contribution in [3.63, 3.8) is 0 Å². The molecule has 0 saturated carbocycles. The number of aryl methyl sites for hydroxylation is 1. The van der Waals surface area contributed by atoms with Gasteiger partial charge >= 0.3 is 5.97 Å². The molecule has 1 saturated heterocycles. The largest absolute Gasteiger partial charge is 0.467 e. The van der Waals surface area contributed by atoms with E-state index in [4.69, 9.17) is 9.57 Å². The molecule has 2 heterocycles. The molecule has 0 aliphatic carbocycles. The van der Waals surface area contributed by atoms with Gasteiger partial charge in [0.1, 0.15) is 0 Å². The summed E-state index contributed by atoms with van der Waals surface area (Å²) in [5.41, 5.74) is 2.32. The van der Waals surface area contributed by atoms with Crippen molar-refractivity contribution in [3.05, 3.63) is 36.0 Å². The van der Waals surface area contributed by atoms with Crippen molar-refractivity contribution in [2.45, 2.75) is 18.6 Å². The number of ether oxygens (including phenoxy) is 1. The number of fused-ring (bicyclic) bond motifs is 1. The van der Waals surface area contributed by atoms with Crippen LogP contribution in [0.2, 0.25) is 0 Å². The summed E-state index contributed by atoms with van der Waals surface area (Å²) in [5.74, 6) is -0.321. The van der Waals surface area contributed by atoms with Gasteiger partial charge < -0.3 is 9.30 Å². The van der Waals surface area contributed by atoms with E-state index in [0.29, 0.717) is 6.42 Å². The fourth-order valence-electron chi connectivity index (χ4n) is 2.88. The SMILES string of the molecule is COC(=O)[C@@H]1C[C@@H](c2cc3ccccc3n2C)N(C)O1. The fourth-order valence-corrected chi connectivity index (χ4v) is 2.88. The summed E-state index contributed by atoms with van der Waals surface area (Å²) < 4.78 is 6.91. The number of hydrogen-bond acceptors (Lipinski definition) is 4. The third-order valence-electron chi connectivity index (χ3n) is 3.96. The Labute approximate surface area is 117 Å². The van der Waals surface area contributed by atoms with Crippen molar-refractivity contribution in [3.8, 4) is 0 Å². The van der Waals surface area contributed by atoms with Crippen LogP contribution in [-0.4, -0.2) is 35.9 Å². The molecule has 0 unspecified atom stereocenters. The third kappa shape index (κ3) is 1.99. The van der Waals surface area contributed by atoms with E-state index in [2.05, 4.69) is 22.8 Å². The van der Waals surface area contributed by atoms with Crippen molar-refractivity contribution in [1.29, 1.82) is 0 Å². The van der Waals surface area contributed by atoms with Crippen LogP contribution in [0.3, 0.4) is 0 Å². The normalized spacial score (nSPS) is 23.4. The standard InChI is InChI=1S/C15H18N2O3/c1-16-11-7-5-4-6-10(11)8-12(16)13-9-14(15(18)19-3)20-17(13)2/h4-8,13-14H,9H2,1-3H3/t13-,14-/m0/s1. The molecule has 1 aliphatic rings. The average Bonchev–Trinajstić information content (AvgIpc) is 2.99. The van der Waals surface area contributed by atoms with Gasteiger partial charge in [0.15, 0.2) is 6.10 Å². The fraction of sp³-hybridized carbons (Fsp3) is 0.400. The summed E-state index contributed by atoms with van der Waals surface area (Å²) >= 11 is 0. The van der Waals surface area contributed by atoms with Crippen LogP contribution in [0.25, 0.3) is 10.9 Å². The van der Waals surface area contributed by atoms with E-state index in [-0.39, 0.29) is 12.0 Å². The Morgan fingerprint density at radius 1 is 1.35 bits per heavy atom. The molecule has 20 heavy (non-hydrogen) atoms. The highest BCUT2D eigenvalue weighted by molar-refractivity contribution is 5.81. The van der Waals surface area contributed by atoms with E-state index in [9.17, 15) is 4.79 Å². The molecule has 0 N–H and O–H groups in total. The Bertz CT molecular complexity index is 650. The summed E-state index contributed by atoms with van der Waals surface area (Å²) in [5, 5.41) is 2.94. The van der Waals surface area contributed by atoms with E-state index in [0.717, 1.165) is 5.69 Å². The second-order valence-electron chi connectivity index (χ2n) is 5.10. The van der Waals surface area contributed by atoms with Crippen LogP contribution in [0.1, 0.15) is 18.2 Å². The molecular weight excluding hydrogens is 256 g/mol. The molecular formula is C15H18N2O3. The van der Waals surface area contributed by atoms with Gasteiger partial charge in [0.2, 0.25) is 0 Å². The first-order chi connectivity index (χ1) is 9.61. The number of hydroxylamine groups is 2. The van der Waals surface area contributed by atoms with Gasteiger partial charge in [0.25, 0.3) is 0 Å². The number of para-hydroxylation sites is 1. The van der Waals surface area contributed by atoms with Gasteiger partial charge in [-0.25, -0.2) is 4.79 Å². The molecule has 0 radical (unpaired) electrons. The number of carbonyl (C=O) groups excluding carboxylic acids is 1. The van der Waals surface area contributed by atoms with Gasteiger partial charge in [-0.2, -0.15) is 5.06 Å². The van der Waals surface area contributed by atoms with Crippen molar-refractivity contribution >= 4 is 16.9 Å². The number of rotatable bonds is 2. The smallest absolute Gasteiger partial charge is 0.337 e. The topological polar surface area (TPSA) is 43.7 Å². The summed E-state index contributed by atoms with van der Waals surface area (Å²) in [7, 11) is 5.28. The van der Waals surface area contributed by atoms with Crippen LogP contribution in [0.4, 0.5) is 0 Å². The minimum atomic E-state index is -0.520. The molecule has 0 bridgehead atoms. The van der Waals surface area contributed by atoms with E-state index < -0.39 is 6.10 Å². The minimum Gasteiger partial charge on any atom is -0.467 e. The zero-order valence-corrected chi connectivity index (χ0v) is 11.9. The zero-order valence-electron chi connectivity index (χ0n) is 11.9. The van der Waals surface area contributed by atoms with E-state index in [1.165, 1.54) is 18.0 Å². The Morgan fingerprint density at radius 3 is 2.80 bits per heavy atom. The average molecular weight is 274 g/mol. The van der Waals surface area contributed by atoms with E-state index >= 15 is 0 Å². The summed E-state index contributed by atoms with van der Waals surface area (Å²) in [6.45, 7) is 0. The second-order valence-corrected chi connectivity index (χ2v) is 5.10. The maximum Gasteiger partial charge on any atom is 0.337 e. The van der Waals surface area contributed by atoms with Crippen LogP contribution in [0.15, 0.2) is 30.3 Å². The van der Waals surface area contributed by atoms with Crippen molar-refractivity contribution in [2.75, 3.05) is 14.2 Å². The summed E-state index contributed by atoms with van der Waals surface area (Å²) in [4.78, 5) is 17.2. The lowest BCUT2D eigenvalue weighted by Gasteiger charge is -2.18. The summed E-state index contributed by atoms with van der Waals surface area (Å²) in [6, 6.07) is 10.4. The van der Waals surface area contributed by atoms with Gasteiger partial charge in [-0.05, 0) is 17.5 Å².